The maximum atomic E-state index is 11.7. The summed E-state index contributed by atoms with van der Waals surface area (Å²) in [5.74, 6) is 0.228. The molecule has 0 aromatic heterocycles. The number of piperidine rings is 2. The van der Waals surface area contributed by atoms with Gasteiger partial charge in [0.05, 0.1) is 11.5 Å². The first-order valence-corrected chi connectivity index (χ1v) is 7.00. The van der Waals surface area contributed by atoms with Crippen molar-refractivity contribution < 1.29 is 9.90 Å². The normalized spacial score (nSPS) is 28.9. The Kier molecular flexibility index (Phi) is 4.59. The highest BCUT2D eigenvalue weighted by Gasteiger charge is 2.34. The van der Waals surface area contributed by atoms with Gasteiger partial charge in [-0.3, -0.25) is 9.69 Å². The number of nitrogens with one attached hydrogen (secondary N) is 2. The van der Waals surface area contributed by atoms with Gasteiger partial charge in [0.1, 0.15) is 0 Å². The first kappa shape index (κ1) is 13.8. The monoisotopic (exact) mass is 255 g/mol. The predicted molar refractivity (Wildman–Crippen MR) is 70.3 cm³/mol. The van der Waals surface area contributed by atoms with Gasteiger partial charge in [-0.25, -0.2) is 0 Å². The summed E-state index contributed by atoms with van der Waals surface area (Å²) in [5.41, 5.74) is -0.560. The molecule has 0 bridgehead atoms. The number of amides is 1. The Hall–Kier alpha value is -0.650. The number of nitrogens with zero attached hydrogens (tertiary/aromatic N) is 1. The molecule has 1 atom stereocenters. The quantitative estimate of drug-likeness (QED) is 0.640. The van der Waals surface area contributed by atoms with Gasteiger partial charge in [-0.15, -0.1) is 0 Å². The van der Waals surface area contributed by atoms with Crippen molar-refractivity contribution in [2.75, 3.05) is 39.8 Å². The molecule has 18 heavy (non-hydrogen) atoms. The lowest BCUT2D eigenvalue weighted by Gasteiger charge is -2.40. The molecule has 1 amide bonds. The number of β-amino-alcohol motifs (C(OH)–C–C–N with tert-alkyl or cyclic N) is 1. The second kappa shape index (κ2) is 5.99. The number of carbonyl (C=O) groups is 1. The van der Waals surface area contributed by atoms with E-state index >= 15 is 0 Å². The molecule has 2 aliphatic rings. The molecule has 5 nitrogen and oxygen atoms in total. The van der Waals surface area contributed by atoms with Crippen molar-refractivity contribution >= 4 is 5.91 Å². The highest BCUT2D eigenvalue weighted by Crippen LogP contribution is 2.23. The fourth-order valence-electron chi connectivity index (χ4n) is 3.08. The number of hydrogen-bond acceptors (Lipinski definition) is 4. The molecule has 3 N–H and O–H groups in total. The number of aliphatic hydroxyl groups is 1. The minimum absolute atomic E-state index is 0.0917. The third kappa shape index (κ3) is 3.43. The van der Waals surface area contributed by atoms with E-state index in [9.17, 15) is 9.90 Å². The number of hydrogen-bond donors (Lipinski definition) is 3. The average Bonchev–Trinajstić information content (AvgIpc) is 2.38. The molecule has 0 aromatic carbocycles. The minimum atomic E-state index is -0.560. The standard InChI is InChI=1S/C13H25N3O2/c1-14-12(17)11-3-2-8-16(9-11)10-13(18)4-6-15-7-5-13/h11,15,18H,2-10H2,1H3,(H,14,17). The van der Waals surface area contributed by atoms with Gasteiger partial charge in [-0.2, -0.15) is 0 Å². The van der Waals surface area contributed by atoms with Gasteiger partial charge >= 0.3 is 0 Å². The van der Waals surface area contributed by atoms with Crippen molar-refractivity contribution in [2.45, 2.75) is 31.3 Å². The summed E-state index contributed by atoms with van der Waals surface area (Å²) in [5, 5.41) is 16.5. The first-order chi connectivity index (χ1) is 8.63. The number of rotatable bonds is 3. The van der Waals surface area contributed by atoms with Crippen molar-refractivity contribution in [3.63, 3.8) is 0 Å². The van der Waals surface area contributed by atoms with E-state index in [0.29, 0.717) is 6.54 Å². The molecule has 2 heterocycles. The highest BCUT2D eigenvalue weighted by molar-refractivity contribution is 5.78. The molecule has 5 heteroatoms. The van der Waals surface area contributed by atoms with Crippen molar-refractivity contribution in [1.82, 2.24) is 15.5 Å². The van der Waals surface area contributed by atoms with E-state index in [1.54, 1.807) is 7.05 Å². The van der Waals surface area contributed by atoms with Gasteiger partial charge in [0.25, 0.3) is 0 Å². The summed E-state index contributed by atoms with van der Waals surface area (Å²) in [7, 11) is 1.70. The van der Waals surface area contributed by atoms with E-state index in [1.807, 2.05) is 0 Å². The Morgan fingerprint density at radius 1 is 1.50 bits per heavy atom. The maximum absolute atomic E-state index is 11.7. The van der Waals surface area contributed by atoms with E-state index in [-0.39, 0.29) is 11.8 Å². The number of carbonyl (C=O) groups excluding carboxylic acids is 1. The second-order valence-electron chi connectivity index (χ2n) is 5.66. The largest absolute Gasteiger partial charge is 0.388 e. The van der Waals surface area contributed by atoms with Crippen LogP contribution in [0.25, 0.3) is 0 Å². The van der Waals surface area contributed by atoms with Gasteiger partial charge in [-0.05, 0) is 45.3 Å². The van der Waals surface area contributed by atoms with Crippen LogP contribution in [0.3, 0.4) is 0 Å². The van der Waals surface area contributed by atoms with Crippen LogP contribution in [0, 0.1) is 5.92 Å². The highest BCUT2D eigenvalue weighted by atomic mass is 16.3. The Balaban J connectivity index is 1.87. The molecule has 0 aliphatic carbocycles. The molecule has 2 saturated heterocycles. The van der Waals surface area contributed by atoms with Crippen LogP contribution in [0.4, 0.5) is 0 Å². The molecule has 0 radical (unpaired) electrons. The fourth-order valence-corrected chi connectivity index (χ4v) is 3.08. The van der Waals surface area contributed by atoms with Gasteiger partial charge in [-0.1, -0.05) is 0 Å². The van der Waals surface area contributed by atoms with Gasteiger partial charge in [0.15, 0.2) is 0 Å². The Morgan fingerprint density at radius 2 is 2.22 bits per heavy atom. The molecule has 104 valence electrons. The molecular formula is C13H25N3O2. The second-order valence-corrected chi connectivity index (χ2v) is 5.66. The van der Waals surface area contributed by atoms with Crippen LogP contribution in [0.2, 0.25) is 0 Å². The van der Waals surface area contributed by atoms with E-state index < -0.39 is 5.60 Å². The molecule has 0 aromatic rings. The lowest BCUT2D eigenvalue weighted by molar-refractivity contribution is -0.127. The molecule has 1 unspecified atom stereocenters. The first-order valence-electron chi connectivity index (χ1n) is 7.00. The van der Waals surface area contributed by atoms with Crippen LogP contribution >= 0.6 is 0 Å². The van der Waals surface area contributed by atoms with Crippen LogP contribution in [-0.2, 0) is 4.79 Å². The minimum Gasteiger partial charge on any atom is -0.388 e. The van der Waals surface area contributed by atoms with Crippen LogP contribution in [-0.4, -0.2) is 61.3 Å². The van der Waals surface area contributed by atoms with Gasteiger partial charge in [0.2, 0.25) is 5.91 Å². The Labute approximate surface area is 109 Å². The third-order valence-electron chi connectivity index (χ3n) is 4.17. The van der Waals surface area contributed by atoms with Gasteiger partial charge in [0, 0.05) is 20.1 Å². The summed E-state index contributed by atoms with van der Waals surface area (Å²) in [6.07, 6.45) is 3.64. The zero-order valence-electron chi connectivity index (χ0n) is 11.2. The summed E-state index contributed by atoms with van der Waals surface area (Å²) >= 11 is 0. The summed E-state index contributed by atoms with van der Waals surface area (Å²) in [6.45, 7) is 4.28. The molecule has 0 spiro atoms. The predicted octanol–water partition coefficient (Wildman–Crippen LogP) is -0.441. The molecule has 2 aliphatic heterocycles. The van der Waals surface area contributed by atoms with Crippen molar-refractivity contribution in [2.24, 2.45) is 5.92 Å². The summed E-state index contributed by atoms with van der Waals surface area (Å²) in [6, 6.07) is 0. The Bertz CT molecular complexity index is 290. The zero-order valence-corrected chi connectivity index (χ0v) is 11.2. The van der Waals surface area contributed by atoms with Crippen molar-refractivity contribution in [3.8, 4) is 0 Å². The molecule has 2 fully saturated rings. The van der Waals surface area contributed by atoms with Crippen molar-refractivity contribution in [3.05, 3.63) is 0 Å². The van der Waals surface area contributed by atoms with Crippen LogP contribution < -0.4 is 10.6 Å². The zero-order chi connectivity index (χ0) is 13.0. The topological polar surface area (TPSA) is 64.6 Å². The van der Waals surface area contributed by atoms with Crippen LogP contribution in [0.5, 0.6) is 0 Å². The lowest BCUT2D eigenvalue weighted by Crippen LogP contribution is -2.52. The van der Waals surface area contributed by atoms with E-state index in [4.69, 9.17) is 0 Å². The smallest absolute Gasteiger partial charge is 0.224 e. The average molecular weight is 255 g/mol. The van der Waals surface area contributed by atoms with E-state index in [2.05, 4.69) is 15.5 Å². The maximum Gasteiger partial charge on any atom is 0.224 e. The lowest BCUT2D eigenvalue weighted by atomic mass is 9.89. The van der Waals surface area contributed by atoms with Crippen molar-refractivity contribution in [1.29, 1.82) is 0 Å². The van der Waals surface area contributed by atoms with Crippen LogP contribution in [0.15, 0.2) is 0 Å². The molecular weight excluding hydrogens is 230 g/mol. The van der Waals surface area contributed by atoms with E-state index in [1.165, 1.54) is 0 Å². The Morgan fingerprint density at radius 3 is 2.89 bits per heavy atom. The molecule has 0 saturated carbocycles. The van der Waals surface area contributed by atoms with E-state index in [0.717, 1.165) is 51.9 Å². The third-order valence-corrected chi connectivity index (χ3v) is 4.17. The van der Waals surface area contributed by atoms with Crippen LogP contribution in [0.1, 0.15) is 25.7 Å². The fraction of sp³-hybridized carbons (Fsp3) is 0.923. The molecule has 2 rings (SSSR count). The van der Waals surface area contributed by atoms with Gasteiger partial charge < -0.3 is 15.7 Å². The number of likely N-dealkylation sites (tertiary alicyclic amines) is 1. The summed E-state index contributed by atoms with van der Waals surface area (Å²) in [4.78, 5) is 13.9. The SMILES string of the molecule is CNC(=O)C1CCCN(CC2(O)CCNCC2)C1. The summed E-state index contributed by atoms with van der Waals surface area (Å²) < 4.78 is 0.